The van der Waals surface area contributed by atoms with E-state index in [2.05, 4.69) is 0 Å². The van der Waals surface area contributed by atoms with Gasteiger partial charge in [-0.1, -0.05) is 37.8 Å². The van der Waals surface area contributed by atoms with Crippen LogP contribution in [0.25, 0.3) is 0 Å². The fourth-order valence-corrected chi connectivity index (χ4v) is 5.07. The van der Waals surface area contributed by atoms with Crippen LogP contribution in [0.5, 0.6) is 0 Å². The third kappa shape index (κ3) is 3.10. The highest BCUT2D eigenvalue weighted by Crippen LogP contribution is 2.31. The second-order valence-electron chi connectivity index (χ2n) is 5.19. The third-order valence-corrected chi connectivity index (χ3v) is 6.35. The minimum absolute atomic E-state index is 0.0902. The van der Waals surface area contributed by atoms with Crippen molar-refractivity contribution in [1.29, 1.82) is 0 Å². The first-order chi connectivity index (χ1) is 9.46. The van der Waals surface area contributed by atoms with Gasteiger partial charge in [-0.15, -0.1) is 0 Å². The van der Waals surface area contributed by atoms with Crippen LogP contribution < -0.4 is 5.73 Å². The fourth-order valence-electron chi connectivity index (χ4n) is 2.85. The number of sulfonamides is 1. The summed E-state index contributed by atoms with van der Waals surface area (Å²) in [5.41, 5.74) is 6.10. The van der Waals surface area contributed by atoms with Crippen molar-refractivity contribution in [3.05, 3.63) is 23.2 Å². The molecular weight excluding hydrogens is 296 g/mol. The van der Waals surface area contributed by atoms with Gasteiger partial charge in [0.1, 0.15) is 4.90 Å². The minimum Gasteiger partial charge on any atom is -0.399 e. The van der Waals surface area contributed by atoms with Gasteiger partial charge in [-0.05, 0) is 31.0 Å². The van der Waals surface area contributed by atoms with Crippen molar-refractivity contribution in [2.45, 2.75) is 50.0 Å². The summed E-state index contributed by atoms with van der Waals surface area (Å²) in [5, 5.41) is 0.194. The van der Waals surface area contributed by atoms with Crippen LogP contribution in [0, 0.1) is 0 Å². The van der Waals surface area contributed by atoms with Gasteiger partial charge < -0.3 is 5.73 Å². The van der Waals surface area contributed by atoms with Crippen LogP contribution in [0.1, 0.15) is 39.0 Å². The molecule has 0 spiro atoms. The van der Waals surface area contributed by atoms with Crippen molar-refractivity contribution >= 4 is 27.3 Å². The summed E-state index contributed by atoms with van der Waals surface area (Å²) in [7, 11) is -3.55. The lowest BCUT2D eigenvalue weighted by Crippen LogP contribution is -2.41. The molecule has 1 aliphatic carbocycles. The van der Waals surface area contributed by atoms with Gasteiger partial charge in [0, 0.05) is 18.3 Å². The fraction of sp³-hybridized carbons (Fsp3) is 0.571. The van der Waals surface area contributed by atoms with Crippen LogP contribution >= 0.6 is 11.6 Å². The minimum atomic E-state index is -3.55. The molecule has 1 aromatic carbocycles. The highest BCUT2D eigenvalue weighted by atomic mass is 35.5. The Hall–Kier alpha value is -0.780. The summed E-state index contributed by atoms with van der Waals surface area (Å²) in [6.07, 6.45) is 5.23. The number of nitrogen functional groups attached to an aromatic ring is 1. The summed E-state index contributed by atoms with van der Waals surface area (Å²) in [4.78, 5) is 0.154. The summed E-state index contributed by atoms with van der Waals surface area (Å²) in [6.45, 7) is 2.34. The largest absolute Gasteiger partial charge is 0.399 e. The summed E-state index contributed by atoms with van der Waals surface area (Å²) < 4.78 is 27.2. The van der Waals surface area contributed by atoms with Crippen molar-refractivity contribution in [2.24, 2.45) is 0 Å². The van der Waals surface area contributed by atoms with E-state index in [0.717, 1.165) is 25.7 Å². The molecule has 0 radical (unpaired) electrons. The molecule has 2 rings (SSSR count). The Morgan fingerprint density at radius 1 is 1.30 bits per heavy atom. The van der Waals surface area contributed by atoms with E-state index in [9.17, 15) is 8.42 Å². The Bertz CT molecular complexity index is 569. The van der Waals surface area contributed by atoms with Crippen molar-refractivity contribution in [2.75, 3.05) is 12.3 Å². The molecule has 0 saturated heterocycles. The lowest BCUT2D eigenvalue weighted by molar-refractivity contribution is 0.261. The number of hydrogen-bond acceptors (Lipinski definition) is 3. The summed E-state index contributed by atoms with van der Waals surface area (Å²) in [5.74, 6) is 0. The van der Waals surface area contributed by atoms with Crippen LogP contribution in [-0.4, -0.2) is 25.3 Å². The topological polar surface area (TPSA) is 63.4 Å². The van der Waals surface area contributed by atoms with Crippen molar-refractivity contribution in [3.8, 4) is 0 Å². The van der Waals surface area contributed by atoms with Gasteiger partial charge in [-0.2, -0.15) is 4.31 Å². The molecule has 1 fully saturated rings. The molecule has 0 aromatic heterocycles. The van der Waals surface area contributed by atoms with Gasteiger partial charge in [-0.3, -0.25) is 0 Å². The van der Waals surface area contributed by atoms with Crippen LogP contribution in [0.15, 0.2) is 23.1 Å². The third-order valence-electron chi connectivity index (χ3n) is 3.84. The smallest absolute Gasteiger partial charge is 0.244 e. The maximum atomic E-state index is 12.8. The maximum absolute atomic E-state index is 12.8. The molecule has 20 heavy (non-hydrogen) atoms. The van der Waals surface area contributed by atoms with E-state index in [1.165, 1.54) is 18.6 Å². The quantitative estimate of drug-likeness (QED) is 0.867. The second-order valence-corrected chi connectivity index (χ2v) is 7.46. The first kappa shape index (κ1) is 15.6. The highest BCUT2D eigenvalue weighted by Gasteiger charge is 2.32. The molecule has 1 saturated carbocycles. The molecule has 0 heterocycles. The van der Waals surface area contributed by atoms with Crippen LogP contribution in [0.3, 0.4) is 0 Å². The molecule has 0 bridgehead atoms. The van der Waals surface area contributed by atoms with Crippen molar-refractivity contribution in [1.82, 2.24) is 4.31 Å². The second kappa shape index (κ2) is 6.33. The zero-order chi connectivity index (χ0) is 14.8. The van der Waals surface area contributed by atoms with Crippen LogP contribution in [0.2, 0.25) is 5.02 Å². The highest BCUT2D eigenvalue weighted by molar-refractivity contribution is 7.89. The molecule has 0 atom stereocenters. The van der Waals surface area contributed by atoms with Crippen LogP contribution in [0.4, 0.5) is 5.69 Å². The first-order valence-electron chi connectivity index (χ1n) is 7.03. The van der Waals surface area contributed by atoms with Crippen LogP contribution in [-0.2, 0) is 10.0 Å². The van der Waals surface area contributed by atoms with Gasteiger partial charge in [0.15, 0.2) is 0 Å². The molecule has 0 amide bonds. The average molecular weight is 317 g/mol. The molecule has 6 heteroatoms. The number of hydrogen-bond donors (Lipinski definition) is 1. The number of nitrogens with two attached hydrogens (primary N) is 1. The molecular formula is C14H21ClN2O2S. The number of nitrogens with zero attached hydrogens (tertiary/aromatic N) is 1. The molecule has 1 aromatic rings. The van der Waals surface area contributed by atoms with E-state index in [0.29, 0.717) is 12.2 Å². The zero-order valence-electron chi connectivity index (χ0n) is 11.7. The van der Waals surface area contributed by atoms with Gasteiger partial charge >= 0.3 is 0 Å². The predicted molar refractivity (Wildman–Crippen MR) is 82.3 cm³/mol. The number of rotatable bonds is 4. The van der Waals surface area contributed by atoms with E-state index < -0.39 is 10.0 Å². The maximum Gasteiger partial charge on any atom is 0.244 e. The first-order valence-corrected chi connectivity index (χ1v) is 8.85. The Balaban J connectivity index is 2.35. The molecule has 1 aliphatic rings. The Labute approximate surface area is 126 Å². The summed E-state index contributed by atoms with van der Waals surface area (Å²) in [6, 6.07) is 4.65. The Kier molecular flexibility index (Phi) is 4.94. The van der Waals surface area contributed by atoms with E-state index >= 15 is 0 Å². The van der Waals surface area contributed by atoms with E-state index in [1.807, 2.05) is 6.92 Å². The standard InChI is InChI=1S/C14H21ClN2O2S/c1-2-17(12-6-4-3-5-7-12)20(18,19)14-9-8-11(16)10-13(14)15/h8-10,12H,2-7,16H2,1H3. The van der Waals surface area contributed by atoms with Gasteiger partial charge in [0.25, 0.3) is 0 Å². The number of halogens is 1. The SMILES string of the molecule is CCN(C1CCCCC1)S(=O)(=O)c1ccc(N)cc1Cl. The van der Waals surface area contributed by atoms with E-state index in [-0.39, 0.29) is 16.0 Å². The molecule has 4 nitrogen and oxygen atoms in total. The van der Waals surface area contributed by atoms with E-state index in [4.69, 9.17) is 17.3 Å². The van der Waals surface area contributed by atoms with Crippen molar-refractivity contribution < 1.29 is 8.42 Å². The molecule has 2 N–H and O–H groups in total. The molecule has 0 aliphatic heterocycles. The number of anilines is 1. The van der Waals surface area contributed by atoms with Gasteiger partial charge in [0.05, 0.1) is 5.02 Å². The Morgan fingerprint density at radius 3 is 2.50 bits per heavy atom. The van der Waals surface area contributed by atoms with E-state index in [1.54, 1.807) is 10.4 Å². The lowest BCUT2D eigenvalue weighted by Gasteiger charge is -2.32. The lowest BCUT2D eigenvalue weighted by atomic mass is 9.95. The summed E-state index contributed by atoms with van der Waals surface area (Å²) >= 11 is 6.07. The average Bonchev–Trinajstić information content (AvgIpc) is 2.40. The van der Waals surface area contributed by atoms with Gasteiger partial charge in [-0.25, -0.2) is 8.42 Å². The zero-order valence-corrected chi connectivity index (χ0v) is 13.3. The number of benzene rings is 1. The molecule has 112 valence electrons. The monoisotopic (exact) mass is 316 g/mol. The van der Waals surface area contributed by atoms with Gasteiger partial charge in [0.2, 0.25) is 10.0 Å². The molecule has 0 unspecified atom stereocenters. The predicted octanol–water partition coefficient (Wildman–Crippen LogP) is 3.27. The van der Waals surface area contributed by atoms with Crippen molar-refractivity contribution in [3.63, 3.8) is 0 Å². The normalized spacial score (nSPS) is 17.6. The Morgan fingerprint density at radius 2 is 1.95 bits per heavy atom.